The van der Waals surface area contributed by atoms with Crippen molar-refractivity contribution in [3.8, 4) is 0 Å². The minimum atomic E-state index is 0.00450. The fourth-order valence-electron chi connectivity index (χ4n) is 2.09. The summed E-state index contributed by atoms with van der Waals surface area (Å²) < 4.78 is 5.30. The summed E-state index contributed by atoms with van der Waals surface area (Å²) in [5.74, 6) is 2.07. The molecule has 0 amide bonds. The molecule has 1 atom stereocenters. The highest BCUT2D eigenvalue weighted by Gasteiger charge is 2.17. The van der Waals surface area contributed by atoms with Crippen LogP contribution < -0.4 is 0 Å². The molecule has 7 heteroatoms. The van der Waals surface area contributed by atoms with E-state index in [1.807, 2.05) is 49.4 Å². The highest BCUT2D eigenvalue weighted by Crippen LogP contribution is 2.31. The zero-order chi connectivity index (χ0) is 16.8. The maximum atomic E-state index is 5.30. The first-order chi connectivity index (χ1) is 11.7. The number of nitrogens with one attached hydrogen (secondary N) is 1. The van der Waals surface area contributed by atoms with Crippen molar-refractivity contribution in [2.75, 3.05) is 0 Å². The number of aromatic amines is 1. The van der Waals surface area contributed by atoms with E-state index in [2.05, 4.69) is 32.2 Å². The van der Waals surface area contributed by atoms with Gasteiger partial charge in [-0.2, -0.15) is 4.98 Å². The monoisotopic (exact) mass is 341 g/mol. The Morgan fingerprint density at radius 2 is 2.04 bits per heavy atom. The van der Waals surface area contributed by atoms with Gasteiger partial charge in [-0.05, 0) is 25.0 Å². The van der Waals surface area contributed by atoms with E-state index in [4.69, 9.17) is 4.52 Å². The van der Waals surface area contributed by atoms with Crippen LogP contribution in [0.1, 0.15) is 48.6 Å². The molecule has 2 heterocycles. The van der Waals surface area contributed by atoms with Gasteiger partial charge in [-0.3, -0.25) is 5.10 Å². The third kappa shape index (κ3) is 4.32. The van der Waals surface area contributed by atoms with E-state index in [0.717, 1.165) is 24.2 Å². The second kappa shape index (κ2) is 7.92. The number of hydrogen-bond acceptors (Lipinski definition) is 6. The van der Waals surface area contributed by atoms with E-state index < -0.39 is 0 Å². The molecule has 3 aromatic rings. The molecule has 2 aromatic heterocycles. The van der Waals surface area contributed by atoms with Gasteiger partial charge in [-0.1, -0.05) is 60.3 Å². The summed E-state index contributed by atoms with van der Waals surface area (Å²) in [6.07, 6.45) is 5.73. The van der Waals surface area contributed by atoms with Crippen molar-refractivity contribution in [1.82, 2.24) is 25.3 Å². The van der Waals surface area contributed by atoms with Gasteiger partial charge in [-0.25, -0.2) is 4.98 Å². The molecule has 0 aliphatic rings. The predicted molar refractivity (Wildman–Crippen MR) is 94.3 cm³/mol. The number of hydrogen-bond donors (Lipinski definition) is 1. The van der Waals surface area contributed by atoms with Crippen LogP contribution in [0.25, 0.3) is 12.2 Å². The van der Waals surface area contributed by atoms with Crippen LogP contribution in [0.3, 0.4) is 0 Å². The van der Waals surface area contributed by atoms with Crippen LogP contribution in [0.2, 0.25) is 0 Å². The van der Waals surface area contributed by atoms with Crippen LogP contribution in [0.4, 0.5) is 0 Å². The lowest BCUT2D eigenvalue weighted by Gasteiger charge is -2.00. The van der Waals surface area contributed by atoms with Crippen LogP contribution in [0, 0.1) is 0 Å². The summed E-state index contributed by atoms with van der Waals surface area (Å²) in [6, 6.07) is 10.1. The summed E-state index contributed by atoms with van der Waals surface area (Å²) in [5.41, 5.74) is 1.12. The topological polar surface area (TPSA) is 80.5 Å². The predicted octanol–water partition coefficient (Wildman–Crippen LogP) is 4.16. The number of rotatable bonds is 7. The average Bonchev–Trinajstić information content (AvgIpc) is 3.24. The summed E-state index contributed by atoms with van der Waals surface area (Å²) >= 11 is 1.49. The fourth-order valence-corrected chi connectivity index (χ4v) is 2.85. The van der Waals surface area contributed by atoms with Crippen molar-refractivity contribution in [1.29, 1.82) is 0 Å². The molecule has 1 unspecified atom stereocenters. The summed E-state index contributed by atoms with van der Waals surface area (Å²) in [7, 11) is 0. The molecular formula is C17H19N5OS. The van der Waals surface area contributed by atoms with Gasteiger partial charge in [0.15, 0.2) is 5.82 Å². The Hall–Kier alpha value is -2.41. The molecule has 0 bridgehead atoms. The molecule has 0 aliphatic heterocycles. The molecule has 1 aromatic carbocycles. The van der Waals surface area contributed by atoms with Crippen molar-refractivity contribution >= 4 is 23.9 Å². The Labute approximate surface area is 144 Å². The number of nitrogens with zero attached hydrogens (tertiary/aromatic N) is 4. The number of aryl methyl sites for hydroxylation is 1. The molecule has 3 rings (SSSR count). The van der Waals surface area contributed by atoms with Crippen molar-refractivity contribution in [2.45, 2.75) is 37.1 Å². The van der Waals surface area contributed by atoms with Crippen molar-refractivity contribution in [3.63, 3.8) is 0 Å². The third-order valence-electron chi connectivity index (χ3n) is 3.30. The molecule has 0 fully saturated rings. The quantitative estimate of drug-likeness (QED) is 0.650. The van der Waals surface area contributed by atoms with Crippen LogP contribution in [-0.2, 0) is 6.42 Å². The fraction of sp³-hybridized carbons (Fsp3) is 0.294. The van der Waals surface area contributed by atoms with Crippen LogP contribution in [-0.4, -0.2) is 25.3 Å². The molecule has 0 spiro atoms. The molecule has 0 saturated carbocycles. The van der Waals surface area contributed by atoms with E-state index in [1.54, 1.807) is 0 Å². The molecule has 124 valence electrons. The van der Waals surface area contributed by atoms with E-state index in [0.29, 0.717) is 16.9 Å². The smallest absolute Gasteiger partial charge is 0.239 e. The van der Waals surface area contributed by atoms with E-state index in [-0.39, 0.29) is 5.25 Å². The van der Waals surface area contributed by atoms with Gasteiger partial charge in [0, 0.05) is 6.42 Å². The molecule has 0 aliphatic carbocycles. The van der Waals surface area contributed by atoms with Gasteiger partial charge in [0.2, 0.25) is 11.0 Å². The van der Waals surface area contributed by atoms with Crippen LogP contribution >= 0.6 is 11.8 Å². The second-order valence-electron chi connectivity index (χ2n) is 5.31. The van der Waals surface area contributed by atoms with Crippen molar-refractivity contribution < 1.29 is 4.52 Å². The van der Waals surface area contributed by atoms with Gasteiger partial charge in [0.05, 0.1) is 5.25 Å². The first-order valence-corrected chi connectivity index (χ1v) is 8.77. The normalized spacial score (nSPS) is 12.8. The lowest BCUT2D eigenvalue weighted by Crippen LogP contribution is -1.91. The minimum absolute atomic E-state index is 0.00450. The average molecular weight is 341 g/mol. The van der Waals surface area contributed by atoms with Crippen LogP contribution in [0.5, 0.6) is 0 Å². The van der Waals surface area contributed by atoms with E-state index in [9.17, 15) is 0 Å². The second-order valence-corrected chi connectivity index (χ2v) is 6.61. The lowest BCUT2D eigenvalue weighted by molar-refractivity contribution is 0.374. The Balaban J connectivity index is 1.61. The summed E-state index contributed by atoms with van der Waals surface area (Å²) in [5, 5.41) is 11.8. The first kappa shape index (κ1) is 16.4. The van der Waals surface area contributed by atoms with Crippen molar-refractivity contribution in [3.05, 3.63) is 53.4 Å². The Bertz CT molecular complexity index is 796. The molecule has 0 radical (unpaired) electrons. The Kier molecular flexibility index (Phi) is 5.43. The molecule has 0 saturated heterocycles. The molecule has 6 nitrogen and oxygen atoms in total. The number of benzene rings is 1. The maximum Gasteiger partial charge on any atom is 0.239 e. The largest absolute Gasteiger partial charge is 0.338 e. The highest BCUT2D eigenvalue weighted by atomic mass is 32.2. The summed E-state index contributed by atoms with van der Waals surface area (Å²) in [6.45, 7) is 4.09. The standard InChI is InChI=1S/C17H19N5OS/c1-3-7-15-18-16(23-22-15)12(2)24-17-19-14(20-21-17)11-10-13-8-5-4-6-9-13/h4-6,8-12H,3,7H2,1-2H3,(H,19,20,21)/b11-10+. The molecule has 1 N–H and O–H groups in total. The third-order valence-corrected chi connectivity index (χ3v) is 4.25. The Morgan fingerprint density at radius 1 is 1.21 bits per heavy atom. The minimum Gasteiger partial charge on any atom is -0.338 e. The first-order valence-electron chi connectivity index (χ1n) is 7.89. The zero-order valence-electron chi connectivity index (χ0n) is 13.6. The van der Waals surface area contributed by atoms with E-state index >= 15 is 0 Å². The van der Waals surface area contributed by atoms with Crippen LogP contribution in [0.15, 0.2) is 40.0 Å². The summed E-state index contributed by atoms with van der Waals surface area (Å²) in [4.78, 5) is 8.85. The van der Waals surface area contributed by atoms with Crippen molar-refractivity contribution in [2.24, 2.45) is 0 Å². The SMILES string of the molecule is CCCc1noc(C(C)Sc2n[nH]c(/C=C/c3ccccc3)n2)n1. The van der Waals surface area contributed by atoms with Gasteiger partial charge in [-0.15, -0.1) is 5.10 Å². The van der Waals surface area contributed by atoms with E-state index in [1.165, 1.54) is 11.8 Å². The number of H-pyrrole nitrogens is 1. The lowest BCUT2D eigenvalue weighted by atomic mass is 10.2. The number of thioether (sulfide) groups is 1. The van der Waals surface area contributed by atoms with Gasteiger partial charge in [0.1, 0.15) is 5.82 Å². The molecule has 24 heavy (non-hydrogen) atoms. The highest BCUT2D eigenvalue weighted by molar-refractivity contribution is 7.99. The Morgan fingerprint density at radius 3 is 2.83 bits per heavy atom. The zero-order valence-corrected chi connectivity index (χ0v) is 14.5. The molecular weight excluding hydrogens is 322 g/mol. The number of aromatic nitrogens is 5. The maximum absolute atomic E-state index is 5.30. The van der Waals surface area contributed by atoms with Gasteiger partial charge < -0.3 is 4.52 Å². The van der Waals surface area contributed by atoms with Gasteiger partial charge >= 0.3 is 0 Å². The van der Waals surface area contributed by atoms with Gasteiger partial charge in [0.25, 0.3) is 0 Å².